The molecule has 0 atom stereocenters. The molecule has 88 heavy (non-hydrogen) atoms. The largest absolute Gasteiger partial charge is 0.328 e. The highest BCUT2D eigenvalue weighted by atomic mass is 16.2. The molecule has 0 aliphatic heterocycles. The fraction of sp³-hybridized carbons (Fsp3) is 0.694. The van der Waals surface area contributed by atoms with Gasteiger partial charge in [0.1, 0.15) is 0 Å². The van der Waals surface area contributed by atoms with Gasteiger partial charge in [0.05, 0.1) is 0 Å². The number of nitrogens with zero attached hydrogens (tertiary/aromatic N) is 4. The first-order valence-corrected chi connectivity index (χ1v) is 35.4. The van der Waals surface area contributed by atoms with Crippen molar-refractivity contribution in [2.75, 3.05) is 0 Å². The number of aryl methyl sites for hydroxylation is 4. The summed E-state index contributed by atoms with van der Waals surface area (Å²) in [5, 5.41) is 0. The lowest BCUT2D eigenvalue weighted by molar-refractivity contribution is 0.521. The second kappa shape index (κ2) is 42.8. The number of H-pyrrole nitrogens is 4. The molecule has 0 amide bonds. The van der Waals surface area contributed by atoms with E-state index in [1.165, 1.54) is 197 Å². The highest BCUT2D eigenvalue weighted by Gasteiger charge is 2.30. The summed E-state index contributed by atoms with van der Waals surface area (Å²) in [6, 6.07) is 6.99. The molecule has 16 nitrogen and oxygen atoms in total. The van der Waals surface area contributed by atoms with E-state index in [0.717, 1.165) is 77.0 Å². The third-order valence-electron chi connectivity index (χ3n) is 18.0. The number of aromatic amines is 4. The van der Waals surface area contributed by atoms with Gasteiger partial charge in [-0.15, -0.1) is 0 Å². The fourth-order valence-electron chi connectivity index (χ4n) is 12.6. The summed E-state index contributed by atoms with van der Waals surface area (Å²) in [5.74, 6) is -2.31. The SMILES string of the molecule is CCCCCCCCCCCCn1cc(C(c2cccc(C(c3cn(CCCCCCCCCCCC)c(=O)[nH]c3=O)c3cn(CCCCCCCCCCCC)c(=O)[nH]c3=O)c2)c2cn(CCCCCCCCCCCC)c(=O)[nH]c2=O)c(=O)[nH]c1=O. The molecule has 0 saturated heterocycles. The zero-order valence-corrected chi connectivity index (χ0v) is 54.9. The topological polar surface area (TPSA) is 219 Å². The van der Waals surface area contributed by atoms with E-state index in [9.17, 15) is 38.4 Å². The predicted octanol–water partition coefficient (Wildman–Crippen LogP) is 15.1. The molecule has 5 rings (SSSR count). The quantitative estimate of drug-likeness (QED) is 0.0274. The number of nitrogens with one attached hydrogen (secondary N) is 4. The van der Waals surface area contributed by atoms with Crippen molar-refractivity contribution >= 4 is 0 Å². The number of unbranched alkanes of at least 4 members (excludes halogenated alkanes) is 36. The van der Waals surface area contributed by atoms with E-state index in [0.29, 0.717) is 63.0 Å². The Morgan fingerprint density at radius 2 is 0.455 bits per heavy atom. The lowest BCUT2D eigenvalue weighted by atomic mass is 9.82. The first kappa shape index (κ1) is 72.7. The normalized spacial score (nSPS) is 11.7. The van der Waals surface area contributed by atoms with Crippen LogP contribution in [-0.4, -0.2) is 38.2 Å². The molecule has 0 spiro atoms. The van der Waals surface area contributed by atoms with Gasteiger partial charge in [-0.25, -0.2) is 19.2 Å². The van der Waals surface area contributed by atoms with E-state index in [2.05, 4.69) is 47.6 Å². The van der Waals surface area contributed by atoms with Crippen molar-refractivity contribution in [1.29, 1.82) is 0 Å². The standard InChI is InChI=1S/C72H114N8O8/c1-5-9-13-17-21-25-29-33-37-41-48-77-53-59(65(81)73-69(77)85)63(60-54-78(70(86)74-66(60)82)49-42-38-34-30-26-22-18-14-10-6-2)57-46-45-47-58(52-57)64(61-55-79(71(87)75-67(61)83)50-43-39-35-31-27-23-19-15-11-7-3)62-56-80(72(88)76-68(62)84)51-44-40-36-32-28-24-20-16-12-8-4/h45-47,52-56,63-64H,5-44,48-51H2,1-4H3,(H,73,81,85)(H,74,82,86)(H,75,83,87)(H,76,84,88). The molecule has 16 heteroatoms. The summed E-state index contributed by atoms with van der Waals surface area (Å²) in [7, 11) is 0. The number of rotatable bonds is 50. The Hall–Kier alpha value is -6.06. The predicted molar refractivity (Wildman–Crippen MR) is 361 cm³/mol. The lowest BCUT2D eigenvalue weighted by Crippen LogP contribution is -2.37. The van der Waals surface area contributed by atoms with E-state index in [4.69, 9.17) is 0 Å². The molecule has 0 bridgehead atoms. The molecule has 490 valence electrons. The first-order chi connectivity index (χ1) is 42.9. The van der Waals surface area contributed by atoms with Crippen LogP contribution in [0.4, 0.5) is 0 Å². The van der Waals surface area contributed by atoms with Crippen LogP contribution in [0.5, 0.6) is 0 Å². The molecule has 0 unspecified atom stereocenters. The van der Waals surface area contributed by atoms with Gasteiger partial charge in [0.25, 0.3) is 22.2 Å². The monoisotopic (exact) mass is 1220 g/mol. The van der Waals surface area contributed by atoms with Gasteiger partial charge in [0.2, 0.25) is 0 Å². The van der Waals surface area contributed by atoms with Crippen LogP contribution in [0.3, 0.4) is 0 Å². The minimum Gasteiger partial charge on any atom is -0.300 e. The zero-order chi connectivity index (χ0) is 63.1. The Bertz CT molecular complexity index is 2850. The summed E-state index contributed by atoms with van der Waals surface area (Å²) >= 11 is 0. The second-order valence-electron chi connectivity index (χ2n) is 25.4. The van der Waals surface area contributed by atoms with Crippen molar-refractivity contribution in [3.8, 4) is 0 Å². The van der Waals surface area contributed by atoms with Gasteiger partial charge in [-0.05, 0) is 36.8 Å². The van der Waals surface area contributed by atoms with Crippen molar-refractivity contribution in [2.24, 2.45) is 0 Å². The van der Waals surface area contributed by atoms with Gasteiger partial charge >= 0.3 is 22.8 Å². The molecule has 0 saturated carbocycles. The van der Waals surface area contributed by atoms with Crippen LogP contribution in [0, 0.1) is 0 Å². The molecule has 0 fully saturated rings. The van der Waals surface area contributed by atoms with Crippen LogP contribution >= 0.6 is 0 Å². The molecular weight excluding hydrogens is 1100 g/mol. The average molecular weight is 1220 g/mol. The van der Waals surface area contributed by atoms with Gasteiger partial charge < -0.3 is 18.3 Å². The smallest absolute Gasteiger partial charge is 0.300 e. The summed E-state index contributed by atoms with van der Waals surface area (Å²) in [6.45, 7) is 10.2. The highest BCUT2D eigenvalue weighted by Crippen LogP contribution is 2.34. The molecule has 0 radical (unpaired) electrons. The first-order valence-electron chi connectivity index (χ1n) is 35.4. The Kier molecular flexibility index (Phi) is 35.3. The summed E-state index contributed by atoms with van der Waals surface area (Å²) in [5.41, 5.74) is -3.87. The summed E-state index contributed by atoms with van der Waals surface area (Å²) in [6.07, 6.45) is 50.4. The van der Waals surface area contributed by atoms with Gasteiger partial charge in [-0.3, -0.25) is 39.1 Å². The third kappa shape index (κ3) is 25.4. The lowest BCUT2D eigenvalue weighted by Gasteiger charge is -2.23. The van der Waals surface area contributed by atoms with Crippen molar-refractivity contribution in [3.05, 3.63) is 166 Å². The van der Waals surface area contributed by atoms with Crippen molar-refractivity contribution < 1.29 is 0 Å². The molecule has 4 aromatic heterocycles. The molecular formula is C72H114N8O8. The van der Waals surface area contributed by atoms with Gasteiger partial charge in [-0.2, -0.15) is 0 Å². The average Bonchev–Trinajstić information content (AvgIpc) is 1.07. The van der Waals surface area contributed by atoms with E-state index in [1.807, 2.05) is 0 Å². The molecule has 0 aliphatic rings. The minimum atomic E-state index is -1.15. The van der Waals surface area contributed by atoms with E-state index >= 15 is 0 Å². The Morgan fingerprint density at radius 3 is 0.648 bits per heavy atom. The number of benzene rings is 1. The maximum Gasteiger partial charge on any atom is 0.328 e. The molecule has 4 heterocycles. The number of hydrogen-bond acceptors (Lipinski definition) is 8. The van der Waals surface area contributed by atoms with Crippen LogP contribution < -0.4 is 45.0 Å². The van der Waals surface area contributed by atoms with Crippen molar-refractivity contribution in [1.82, 2.24) is 38.2 Å². The molecule has 4 N–H and O–H groups in total. The van der Waals surface area contributed by atoms with E-state index in [-0.39, 0.29) is 22.3 Å². The van der Waals surface area contributed by atoms with Crippen LogP contribution in [0.15, 0.2) is 87.4 Å². The Labute approximate surface area is 524 Å². The zero-order valence-electron chi connectivity index (χ0n) is 54.9. The molecule has 5 aromatic rings. The maximum absolute atomic E-state index is 14.5. The van der Waals surface area contributed by atoms with Crippen LogP contribution in [0.2, 0.25) is 0 Å². The molecule has 1 aromatic carbocycles. The highest BCUT2D eigenvalue weighted by molar-refractivity contribution is 5.46. The summed E-state index contributed by atoms with van der Waals surface area (Å²) in [4.78, 5) is 123. The fourth-order valence-corrected chi connectivity index (χ4v) is 12.6. The number of hydrogen-bond donors (Lipinski definition) is 4. The van der Waals surface area contributed by atoms with Crippen molar-refractivity contribution in [2.45, 2.75) is 323 Å². The van der Waals surface area contributed by atoms with Crippen LogP contribution in [0.1, 0.15) is 330 Å². The van der Waals surface area contributed by atoms with Gasteiger partial charge in [0.15, 0.2) is 0 Å². The molecule has 0 aliphatic carbocycles. The summed E-state index contributed by atoms with van der Waals surface area (Å²) < 4.78 is 5.96. The maximum atomic E-state index is 14.5. The van der Waals surface area contributed by atoms with E-state index in [1.54, 1.807) is 24.3 Å². The minimum absolute atomic E-state index is 0.0980. The van der Waals surface area contributed by atoms with Crippen LogP contribution in [-0.2, 0) is 26.2 Å². The Balaban J connectivity index is 1.57. The third-order valence-corrected chi connectivity index (χ3v) is 18.0. The number of aromatic nitrogens is 8. The van der Waals surface area contributed by atoms with Crippen molar-refractivity contribution in [3.63, 3.8) is 0 Å². The van der Waals surface area contributed by atoms with Crippen LogP contribution in [0.25, 0.3) is 0 Å². The van der Waals surface area contributed by atoms with Gasteiger partial charge in [-0.1, -0.05) is 283 Å². The van der Waals surface area contributed by atoms with Gasteiger partial charge in [0, 0.05) is 85.1 Å². The second-order valence-corrected chi connectivity index (χ2v) is 25.4. The van der Waals surface area contributed by atoms with E-state index < -0.39 is 56.8 Å². The Morgan fingerprint density at radius 1 is 0.273 bits per heavy atom.